The SMILES string of the molecule is CCCN(CC(=O)O)S(=O)(=O)c1ccoc1. The lowest BCUT2D eigenvalue weighted by Crippen LogP contribution is -2.36. The fraction of sp³-hybridized carbons (Fsp3) is 0.444. The standard InChI is InChI=1S/C9H13NO5S/c1-2-4-10(6-9(11)12)16(13,14)8-3-5-15-7-8/h3,5,7H,2,4,6H2,1H3,(H,11,12). The van der Waals surface area contributed by atoms with E-state index in [0.29, 0.717) is 6.42 Å². The number of aliphatic carboxylic acids is 1. The van der Waals surface area contributed by atoms with Crippen molar-refractivity contribution >= 4 is 16.0 Å². The van der Waals surface area contributed by atoms with E-state index in [9.17, 15) is 13.2 Å². The highest BCUT2D eigenvalue weighted by Crippen LogP contribution is 2.15. The van der Waals surface area contributed by atoms with Gasteiger partial charge in [0.1, 0.15) is 17.7 Å². The first-order valence-electron chi connectivity index (χ1n) is 4.72. The first-order chi connectivity index (χ1) is 7.48. The molecule has 1 heterocycles. The lowest BCUT2D eigenvalue weighted by molar-refractivity contribution is -0.137. The number of furan rings is 1. The average molecular weight is 247 g/mol. The Morgan fingerprint density at radius 3 is 2.69 bits per heavy atom. The van der Waals surface area contributed by atoms with Gasteiger partial charge in [0.2, 0.25) is 10.0 Å². The van der Waals surface area contributed by atoms with Gasteiger partial charge in [0.25, 0.3) is 0 Å². The van der Waals surface area contributed by atoms with Crippen molar-refractivity contribution in [3.63, 3.8) is 0 Å². The number of hydrogen-bond acceptors (Lipinski definition) is 4. The molecule has 7 heteroatoms. The van der Waals surface area contributed by atoms with E-state index in [4.69, 9.17) is 5.11 Å². The molecule has 0 bridgehead atoms. The topological polar surface area (TPSA) is 87.8 Å². The molecule has 0 aliphatic heterocycles. The van der Waals surface area contributed by atoms with Crippen LogP contribution in [0.15, 0.2) is 27.9 Å². The Balaban J connectivity index is 2.97. The quantitative estimate of drug-likeness (QED) is 0.802. The minimum absolute atomic E-state index is 0.0257. The molecule has 0 aromatic carbocycles. The van der Waals surface area contributed by atoms with Crippen LogP contribution in [0.1, 0.15) is 13.3 Å². The summed E-state index contributed by atoms with van der Waals surface area (Å²) in [5.41, 5.74) is 0. The summed E-state index contributed by atoms with van der Waals surface area (Å²) in [4.78, 5) is 10.5. The van der Waals surface area contributed by atoms with E-state index in [1.165, 1.54) is 12.3 Å². The second kappa shape index (κ2) is 5.13. The summed E-state index contributed by atoms with van der Waals surface area (Å²) in [6.07, 6.45) is 2.86. The molecule has 0 saturated heterocycles. The van der Waals surface area contributed by atoms with Crippen LogP contribution in [0.25, 0.3) is 0 Å². The van der Waals surface area contributed by atoms with Gasteiger partial charge in [0.15, 0.2) is 0 Å². The summed E-state index contributed by atoms with van der Waals surface area (Å²) in [5.74, 6) is -1.18. The molecule has 16 heavy (non-hydrogen) atoms. The zero-order valence-corrected chi connectivity index (χ0v) is 9.61. The van der Waals surface area contributed by atoms with Crippen molar-refractivity contribution in [2.45, 2.75) is 18.2 Å². The monoisotopic (exact) mass is 247 g/mol. The smallest absolute Gasteiger partial charge is 0.318 e. The normalized spacial score (nSPS) is 11.9. The lowest BCUT2D eigenvalue weighted by Gasteiger charge is -2.18. The predicted molar refractivity (Wildman–Crippen MR) is 55.4 cm³/mol. The first-order valence-corrected chi connectivity index (χ1v) is 6.16. The summed E-state index contributed by atoms with van der Waals surface area (Å²) in [7, 11) is -3.76. The van der Waals surface area contributed by atoms with Crippen LogP contribution in [0.3, 0.4) is 0 Å². The Labute approximate surface area is 93.5 Å². The van der Waals surface area contributed by atoms with Crippen molar-refractivity contribution in [3.05, 3.63) is 18.6 Å². The Morgan fingerprint density at radius 1 is 1.56 bits per heavy atom. The third-order valence-electron chi connectivity index (χ3n) is 1.92. The molecule has 0 unspecified atom stereocenters. The number of carboxylic acid groups (broad SMARTS) is 1. The molecule has 0 fully saturated rings. The number of nitrogens with zero attached hydrogens (tertiary/aromatic N) is 1. The zero-order chi connectivity index (χ0) is 12.2. The molecule has 90 valence electrons. The highest BCUT2D eigenvalue weighted by Gasteiger charge is 2.26. The zero-order valence-electron chi connectivity index (χ0n) is 8.79. The van der Waals surface area contributed by atoms with Crippen LogP contribution < -0.4 is 0 Å². The maximum absolute atomic E-state index is 11.9. The first kappa shape index (κ1) is 12.7. The molecule has 1 rings (SSSR count). The Morgan fingerprint density at radius 2 is 2.25 bits per heavy atom. The molecule has 0 amide bonds. The van der Waals surface area contributed by atoms with Crippen LogP contribution in [-0.4, -0.2) is 36.9 Å². The third-order valence-corrected chi connectivity index (χ3v) is 3.74. The van der Waals surface area contributed by atoms with E-state index in [0.717, 1.165) is 10.6 Å². The molecule has 0 spiro atoms. The summed E-state index contributed by atoms with van der Waals surface area (Å²) >= 11 is 0. The fourth-order valence-electron chi connectivity index (χ4n) is 1.23. The van der Waals surface area contributed by atoms with E-state index in [1.54, 1.807) is 6.92 Å². The van der Waals surface area contributed by atoms with Crippen molar-refractivity contribution in [1.29, 1.82) is 0 Å². The largest absolute Gasteiger partial charge is 0.480 e. The summed E-state index contributed by atoms with van der Waals surface area (Å²) in [5, 5.41) is 8.64. The number of sulfonamides is 1. The summed E-state index contributed by atoms with van der Waals surface area (Å²) in [6, 6.07) is 1.29. The van der Waals surface area contributed by atoms with Crippen LogP contribution in [0.4, 0.5) is 0 Å². The second-order valence-corrected chi connectivity index (χ2v) is 5.13. The molecule has 0 aliphatic carbocycles. The molecule has 1 aromatic rings. The Bertz CT molecular complexity index is 436. The van der Waals surface area contributed by atoms with E-state index in [1.807, 2.05) is 0 Å². The maximum Gasteiger partial charge on any atom is 0.318 e. The van der Waals surface area contributed by atoms with E-state index in [-0.39, 0.29) is 11.4 Å². The van der Waals surface area contributed by atoms with Gasteiger partial charge in [0.05, 0.1) is 6.26 Å². The molecule has 1 aromatic heterocycles. The number of carbonyl (C=O) groups is 1. The third kappa shape index (κ3) is 2.83. The van der Waals surface area contributed by atoms with Crippen LogP contribution in [0, 0.1) is 0 Å². The molecule has 0 radical (unpaired) electrons. The van der Waals surface area contributed by atoms with Crippen molar-refractivity contribution in [3.8, 4) is 0 Å². The van der Waals surface area contributed by atoms with Gasteiger partial charge in [-0.3, -0.25) is 4.79 Å². The minimum Gasteiger partial charge on any atom is -0.480 e. The van der Waals surface area contributed by atoms with Crippen LogP contribution in [0.2, 0.25) is 0 Å². The van der Waals surface area contributed by atoms with Crippen LogP contribution in [0.5, 0.6) is 0 Å². The molecular formula is C9H13NO5S. The highest BCUT2D eigenvalue weighted by atomic mass is 32.2. The molecular weight excluding hydrogens is 234 g/mol. The fourth-order valence-corrected chi connectivity index (χ4v) is 2.64. The molecule has 0 saturated carbocycles. The number of rotatable bonds is 6. The van der Waals surface area contributed by atoms with E-state index < -0.39 is 22.5 Å². The van der Waals surface area contributed by atoms with Crippen molar-refractivity contribution in [2.24, 2.45) is 0 Å². The maximum atomic E-state index is 11.9. The van der Waals surface area contributed by atoms with E-state index in [2.05, 4.69) is 4.42 Å². The Kier molecular flexibility index (Phi) is 4.08. The summed E-state index contributed by atoms with van der Waals surface area (Å²) in [6.45, 7) is 1.40. The van der Waals surface area contributed by atoms with Gasteiger partial charge in [-0.2, -0.15) is 4.31 Å². The van der Waals surface area contributed by atoms with Gasteiger partial charge in [-0.25, -0.2) is 8.42 Å². The van der Waals surface area contributed by atoms with Gasteiger partial charge in [-0.15, -0.1) is 0 Å². The van der Waals surface area contributed by atoms with Crippen molar-refractivity contribution < 1.29 is 22.7 Å². The van der Waals surface area contributed by atoms with Crippen molar-refractivity contribution in [2.75, 3.05) is 13.1 Å². The van der Waals surface area contributed by atoms with Gasteiger partial charge in [0, 0.05) is 6.54 Å². The van der Waals surface area contributed by atoms with Gasteiger partial charge in [-0.1, -0.05) is 6.92 Å². The minimum atomic E-state index is -3.76. The number of carboxylic acids is 1. The predicted octanol–water partition coefficient (Wildman–Crippen LogP) is 0.765. The average Bonchev–Trinajstić information content (AvgIpc) is 2.69. The van der Waals surface area contributed by atoms with Crippen LogP contribution >= 0.6 is 0 Å². The molecule has 0 aliphatic rings. The molecule has 1 N–H and O–H groups in total. The molecule has 0 atom stereocenters. The Hall–Kier alpha value is -1.34. The summed E-state index contributed by atoms with van der Waals surface area (Å²) < 4.78 is 29.4. The van der Waals surface area contributed by atoms with Gasteiger partial charge in [-0.05, 0) is 12.5 Å². The van der Waals surface area contributed by atoms with Crippen molar-refractivity contribution in [1.82, 2.24) is 4.31 Å². The van der Waals surface area contributed by atoms with Gasteiger partial charge < -0.3 is 9.52 Å². The molecule has 6 nitrogen and oxygen atoms in total. The second-order valence-electron chi connectivity index (χ2n) is 3.19. The number of hydrogen-bond donors (Lipinski definition) is 1. The van der Waals surface area contributed by atoms with E-state index >= 15 is 0 Å². The highest BCUT2D eigenvalue weighted by molar-refractivity contribution is 7.89. The van der Waals surface area contributed by atoms with Crippen LogP contribution in [-0.2, 0) is 14.8 Å². The van der Waals surface area contributed by atoms with Gasteiger partial charge >= 0.3 is 5.97 Å². The lowest BCUT2D eigenvalue weighted by atomic mass is 10.5.